The number of hydrogen-bond acceptors (Lipinski definition) is 7. The topological polar surface area (TPSA) is 102 Å². The SMILES string of the molecule is CC(C)(C)OC(=O)N1CCCC(C(=O)OCC(=O)NC(=O)c2cccs2)C1. The molecule has 3 amide bonds. The lowest BCUT2D eigenvalue weighted by atomic mass is 9.98. The van der Waals surface area contributed by atoms with E-state index in [0.717, 1.165) is 0 Å². The fourth-order valence-electron chi connectivity index (χ4n) is 2.55. The number of ether oxygens (including phenoxy) is 2. The highest BCUT2D eigenvalue weighted by Gasteiger charge is 2.32. The van der Waals surface area contributed by atoms with Gasteiger partial charge in [0.25, 0.3) is 11.8 Å². The molecular weight excluding hydrogens is 372 g/mol. The normalized spacial score (nSPS) is 17.1. The summed E-state index contributed by atoms with van der Waals surface area (Å²) in [5, 5.41) is 3.89. The Balaban J connectivity index is 1.78. The van der Waals surface area contributed by atoms with E-state index in [-0.39, 0.29) is 6.54 Å². The van der Waals surface area contributed by atoms with Crippen LogP contribution in [0.25, 0.3) is 0 Å². The molecule has 27 heavy (non-hydrogen) atoms. The molecule has 2 rings (SSSR count). The van der Waals surface area contributed by atoms with Crippen LogP contribution in [0.3, 0.4) is 0 Å². The summed E-state index contributed by atoms with van der Waals surface area (Å²) in [5.41, 5.74) is -0.613. The van der Waals surface area contributed by atoms with Gasteiger partial charge in [-0.3, -0.25) is 19.7 Å². The molecular formula is C18H24N2O6S. The number of nitrogens with zero attached hydrogens (tertiary/aromatic N) is 1. The smallest absolute Gasteiger partial charge is 0.410 e. The second-order valence-electron chi connectivity index (χ2n) is 7.23. The van der Waals surface area contributed by atoms with Crippen molar-refractivity contribution in [1.82, 2.24) is 10.2 Å². The average Bonchev–Trinajstić information content (AvgIpc) is 3.13. The van der Waals surface area contributed by atoms with Crippen LogP contribution in [0.5, 0.6) is 0 Å². The molecule has 9 heteroatoms. The zero-order chi connectivity index (χ0) is 20.0. The van der Waals surface area contributed by atoms with E-state index in [9.17, 15) is 19.2 Å². The van der Waals surface area contributed by atoms with Gasteiger partial charge in [0.15, 0.2) is 6.61 Å². The number of likely N-dealkylation sites (tertiary alicyclic amines) is 1. The standard InChI is InChI=1S/C18H24N2O6S/c1-18(2,3)26-17(24)20-8-4-6-12(10-20)16(23)25-11-14(21)19-15(22)13-7-5-9-27-13/h5,7,9,12H,4,6,8,10-11H2,1-3H3,(H,19,21,22). The highest BCUT2D eigenvalue weighted by molar-refractivity contribution is 7.12. The minimum absolute atomic E-state index is 0.184. The van der Waals surface area contributed by atoms with Crippen LogP contribution in [-0.4, -0.2) is 54.1 Å². The first-order valence-corrected chi connectivity index (χ1v) is 9.56. The number of carbonyl (C=O) groups is 4. The van der Waals surface area contributed by atoms with Crippen LogP contribution in [0.15, 0.2) is 17.5 Å². The van der Waals surface area contributed by atoms with Gasteiger partial charge in [0.1, 0.15) is 5.60 Å². The van der Waals surface area contributed by atoms with Gasteiger partial charge in [0, 0.05) is 13.1 Å². The van der Waals surface area contributed by atoms with Gasteiger partial charge in [-0.25, -0.2) is 4.79 Å². The first-order valence-electron chi connectivity index (χ1n) is 8.68. The molecule has 1 fully saturated rings. The van der Waals surface area contributed by atoms with Gasteiger partial charge in [-0.1, -0.05) is 6.07 Å². The highest BCUT2D eigenvalue weighted by atomic mass is 32.1. The molecule has 1 aromatic rings. The lowest BCUT2D eigenvalue weighted by Gasteiger charge is -2.33. The second kappa shape index (κ2) is 8.98. The minimum Gasteiger partial charge on any atom is -0.455 e. The lowest BCUT2D eigenvalue weighted by molar-refractivity contribution is -0.153. The summed E-state index contributed by atoms with van der Waals surface area (Å²) in [4.78, 5) is 49.8. The average molecular weight is 396 g/mol. The van der Waals surface area contributed by atoms with Crippen LogP contribution in [0, 0.1) is 5.92 Å². The van der Waals surface area contributed by atoms with Crippen molar-refractivity contribution in [2.75, 3.05) is 19.7 Å². The maximum atomic E-state index is 12.2. The van der Waals surface area contributed by atoms with Gasteiger partial charge in [0.05, 0.1) is 10.8 Å². The van der Waals surface area contributed by atoms with Crippen molar-refractivity contribution in [3.63, 3.8) is 0 Å². The number of carbonyl (C=O) groups excluding carboxylic acids is 4. The number of esters is 1. The molecule has 1 atom stereocenters. The van der Waals surface area contributed by atoms with Gasteiger partial charge in [-0.05, 0) is 45.1 Å². The molecule has 0 aromatic carbocycles. The molecule has 0 aliphatic carbocycles. The van der Waals surface area contributed by atoms with Crippen LogP contribution in [0.4, 0.5) is 4.79 Å². The van der Waals surface area contributed by atoms with E-state index < -0.39 is 42.0 Å². The molecule has 0 bridgehead atoms. The number of amides is 3. The third-order valence-electron chi connectivity index (χ3n) is 3.75. The number of imide groups is 1. The first-order chi connectivity index (χ1) is 12.7. The van der Waals surface area contributed by atoms with Crippen LogP contribution < -0.4 is 5.32 Å². The van der Waals surface area contributed by atoms with Crippen LogP contribution in [-0.2, 0) is 19.1 Å². The van der Waals surface area contributed by atoms with Crippen molar-refractivity contribution in [2.24, 2.45) is 5.92 Å². The van der Waals surface area contributed by atoms with Crippen LogP contribution in [0.2, 0.25) is 0 Å². The Morgan fingerprint density at radius 2 is 2.04 bits per heavy atom. The van der Waals surface area contributed by atoms with E-state index in [1.165, 1.54) is 16.2 Å². The van der Waals surface area contributed by atoms with E-state index in [1.807, 2.05) is 0 Å². The van der Waals surface area contributed by atoms with E-state index >= 15 is 0 Å². The number of rotatable bonds is 4. The molecule has 1 aliphatic rings. The number of hydrogen-bond donors (Lipinski definition) is 1. The fourth-order valence-corrected chi connectivity index (χ4v) is 3.17. The first kappa shape index (κ1) is 20.9. The molecule has 1 aliphatic heterocycles. The molecule has 148 valence electrons. The maximum Gasteiger partial charge on any atom is 0.410 e. The summed E-state index contributed by atoms with van der Waals surface area (Å²) in [6.45, 7) is 5.47. The largest absolute Gasteiger partial charge is 0.455 e. The molecule has 1 saturated heterocycles. The summed E-state index contributed by atoms with van der Waals surface area (Å²) in [6, 6.07) is 3.29. The third kappa shape index (κ3) is 6.67. The summed E-state index contributed by atoms with van der Waals surface area (Å²) in [6.07, 6.45) is 0.731. The van der Waals surface area contributed by atoms with Crippen molar-refractivity contribution in [2.45, 2.75) is 39.2 Å². The Morgan fingerprint density at radius 1 is 1.30 bits per heavy atom. The second-order valence-corrected chi connectivity index (χ2v) is 8.18. The Kier molecular flexibility index (Phi) is 6.95. The van der Waals surface area contributed by atoms with Gasteiger partial charge in [-0.2, -0.15) is 0 Å². The summed E-state index contributed by atoms with van der Waals surface area (Å²) >= 11 is 1.21. The highest BCUT2D eigenvalue weighted by Crippen LogP contribution is 2.20. The summed E-state index contributed by atoms with van der Waals surface area (Å²) in [5.74, 6) is -2.31. The Labute approximate surface area is 161 Å². The van der Waals surface area contributed by atoms with Crippen LogP contribution in [0.1, 0.15) is 43.3 Å². The molecule has 2 heterocycles. The molecule has 1 unspecified atom stereocenters. The number of nitrogens with one attached hydrogen (secondary N) is 1. The Bertz CT molecular complexity index is 695. The maximum absolute atomic E-state index is 12.2. The van der Waals surface area contributed by atoms with Gasteiger partial charge in [0.2, 0.25) is 0 Å². The Hall–Kier alpha value is -2.42. The molecule has 0 radical (unpaired) electrons. The lowest BCUT2D eigenvalue weighted by Crippen LogP contribution is -2.45. The van der Waals surface area contributed by atoms with E-state index in [4.69, 9.17) is 9.47 Å². The quantitative estimate of drug-likeness (QED) is 0.783. The van der Waals surface area contributed by atoms with E-state index in [1.54, 1.807) is 38.3 Å². The predicted molar refractivity (Wildman–Crippen MR) is 98.3 cm³/mol. The number of piperidine rings is 1. The third-order valence-corrected chi connectivity index (χ3v) is 4.62. The van der Waals surface area contributed by atoms with E-state index in [0.29, 0.717) is 24.3 Å². The van der Waals surface area contributed by atoms with Gasteiger partial charge >= 0.3 is 12.1 Å². The molecule has 0 saturated carbocycles. The van der Waals surface area contributed by atoms with Crippen molar-refractivity contribution in [3.8, 4) is 0 Å². The molecule has 1 aromatic heterocycles. The fraction of sp³-hybridized carbons (Fsp3) is 0.556. The van der Waals surface area contributed by atoms with Crippen molar-refractivity contribution in [1.29, 1.82) is 0 Å². The molecule has 0 spiro atoms. The van der Waals surface area contributed by atoms with Gasteiger partial charge in [-0.15, -0.1) is 11.3 Å². The van der Waals surface area contributed by atoms with Crippen LogP contribution >= 0.6 is 11.3 Å². The van der Waals surface area contributed by atoms with Gasteiger partial charge < -0.3 is 14.4 Å². The zero-order valence-corrected chi connectivity index (χ0v) is 16.5. The predicted octanol–water partition coefficient (Wildman–Crippen LogP) is 2.19. The number of thiophene rings is 1. The molecule has 1 N–H and O–H groups in total. The Morgan fingerprint density at radius 3 is 2.67 bits per heavy atom. The van der Waals surface area contributed by atoms with E-state index in [2.05, 4.69) is 5.32 Å². The summed E-state index contributed by atoms with van der Waals surface area (Å²) in [7, 11) is 0. The monoisotopic (exact) mass is 396 g/mol. The minimum atomic E-state index is -0.693. The van der Waals surface area contributed by atoms with Crippen molar-refractivity contribution < 1.29 is 28.7 Å². The van der Waals surface area contributed by atoms with Crippen molar-refractivity contribution >= 4 is 35.2 Å². The van der Waals surface area contributed by atoms with Crippen molar-refractivity contribution in [3.05, 3.63) is 22.4 Å². The molecule has 8 nitrogen and oxygen atoms in total. The zero-order valence-electron chi connectivity index (χ0n) is 15.6. The summed E-state index contributed by atoms with van der Waals surface area (Å²) < 4.78 is 10.3.